The van der Waals surface area contributed by atoms with Gasteiger partial charge in [-0.25, -0.2) is 0 Å². The van der Waals surface area contributed by atoms with Gasteiger partial charge in [0.25, 0.3) is 0 Å². The monoisotopic (exact) mass is 273 g/mol. The molecule has 0 heterocycles. The zero-order chi connectivity index (χ0) is 14.0. The summed E-state index contributed by atoms with van der Waals surface area (Å²) in [4.78, 5) is 0. The highest BCUT2D eigenvalue weighted by atomic mass is 16.5. The van der Waals surface area contributed by atoms with E-state index in [1.165, 1.54) is 19.3 Å². The second-order valence-electron chi connectivity index (χ2n) is 5.55. The van der Waals surface area contributed by atoms with Gasteiger partial charge in [-0.05, 0) is 38.0 Å². The van der Waals surface area contributed by atoms with Crippen molar-refractivity contribution >= 4 is 0 Å². The molecular weight excluding hydrogens is 242 g/mol. The second kappa shape index (κ2) is 9.70. The van der Waals surface area contributed by atoms with E-state index in [0.717, 1.165) is 38.4 Å². The van der Waals surface area contributed by atoms with Crippen molar-refractivity contribution < 1.29 is 14.2 Å². The number of methoxy groups -OCH3 is 1. The molecule has 4 nitrogen and oxygen atoms in total. The Morgan fingerprint density at radius 1 is 1.11 bits per heavy atom. The summed E-state index contributed by atoms with van der Waals surface area (Å²) in [6.45, 7) is 5.73. The fourth-order valence-corrected chi connectivity index (χ4v) is 2.71. The van der Waals surface area contributed by atoms with Gasteiger partial charge < -0.3 is 19.9 Å². The van der Waals surface area contributed by atoms with Crippen molar-refractivity contribution in [1.82, 2.24) is 0 Å². The molecule has 1 aliphatic rings. The van der Waals surface area contributed by atoms with Gasteiger partial charge >= 0.3 is 0 Å². The minimum atomic E-state index is -0.0573. The normalized spacial score (nSPS) is 27.6. The third kappa shape index (κ3) is 6.21. The molecular formula is C15H31NO3. The van der Waals surface area contributed by atoms with Crippen LogP contribution in [0.5, 0.6) is 0 Å². The third-order valence-electron chi connectivity index (χ3n) is 4.24. The molecule has 1 saturated carbocycles. The predicted molar refractivity (Wildman–Crippen MR) is 77.3 cm³/mol. The first-order valence-corrected chi connectivity index (χ1v) is 7.67. The van der Waals surface area contributed by atoms with Crippen LogP contribution in [0.25, 0.3) is 0 Å². The zero-order valence-electron chi connectivity index (χ0n) is 12.7. The summed E-state index contributed by atoms with van der Waals surface area (Å²) in [5.74, 6) is 0.876. The third-order valence-corrected chi connectivity index (χ3v) is 4.24. The average Bonchev–Trinajstić information content (AvgIpc) is 2.47. The lowest BCUT2D eigenvalue weighted by Crippen LogP contribution is -2.44. The number of rotatable bonds is 10. The van der Waals surface area contributed by atoms with Crippen LogP contribution < -0.4 is 5.73 Å². The molecule has 1 aliphatic carbocycles. The molecule has 0 saturated heterocycles. The average molecular weight is 273 g/mol. The molecule has 0 aromatic carbocycles. The summed E-state index contributed by atoms with van der Waals surface area (Å²) >= 11 is 0. The standard InChI is InChI=1S/C15H31NO3/c1-3-14-5-7-15(13-16,8-6-14)19-10-4-9-18-12-11-17-2/h14H,3-13,16H2,1-2H3. The van der Waals surface area contributed by atoms with Crippen molar-refractivity contribution in [3.63, 3.8) is 0 Å². The lowest BCUT2D eigenvalue weighted by Gasteiger charge is -2.39. The topological polar surface area (TPSA) is 53.7 Å². The molecule has 0 radical (unpaired) electrons. The van der Waals surface area contributed by atoms with Crippen molar-refractivity contribution in [3.8, 4) is 0 Å². The summed E-state index contributed by atoms with van der Waals surface area (Å²) < 4.78 is 16.4. The van der Waals surface area contributed by atoms with Crippen LogP contribution in [0.2, 0.25) is 0 Å². The van der Waals surface area contributed by atoms with E-state index in [2.05, 4.69) is 6.92 Å². The highest BCUT2D eigenvalue weighted by Crippen LogP contribution is 2.35. The predicted octanol–water partition coefficient (Wildman–Crippen LogP) is 2.35. The van der Waals surface area contributed by atoms with E-state index < -0.39 is 0 Å². The summed E-state index contributed by atoms with van der Waals surface area (Å²) in [7, 11) is 1.68. The molecule has 1 fully saturated rings. The van der Waals surface area contributed by atoms with Gasteiger partial charge in [-0.1, -0.05) is 13.3 Å². The maximum Gasteiger partial charge on any atom is 0.0804 e. The zero-order valence-corrected chi connectivity index (χ0v) is 12.7. The van der Waals surface area contributed by atoms with Crippen molar-refractivity contribution in [3.05, 3.63) is 0 Å². The Labute approximate surface area is 118 Å². The first kappa shape index (κ1) is 16.9. The first-order valence-electron chi connectivity index (χ1n) is 7.67. The van der Waals surface area contributed by atoms with Crippen LogP contribution in [0, 0.1) is 5.92 Å². The molecule has 0 aromatic heterocycles. The molecule has 0 aromatic rings. The molecule has 2 N–H and O–H groups in total. The molecule has 0 amide bonds. The Morgan fingerprint density at radius 2 is 1.84 bits per heavy atom. The van der Waals surface area contributed by atoms with Crippen LogP contribution in [0.3, 0.4) is 0 Å². The quantitative estimate of drug-likeness (QED) is 0.621. The highest BCUT2D eigenvalue weighted by molar-refractivity contribution is 4.88. The van der Waals surface area contributed by atoms with E-state index >= 15 is 0 Å². The lowest BCUT2D eigenvalue weighted by molar-refractivity contribution is -0.0772. The van der Waals surface area contributed by atoms with E-state index in [9.17, 15) is 0 Å². The molecule has 1 rings (SSSR count). The van der Waals surface area contributed by atoms with Crippen LogP contribution in [0.15, 0.2) is 0 Å². The molecule has 0 atom stereocenters. The van der Waals surface area contributed by atoms with Crippen LogP contribution in [-0.2, 0) is 14.2 Å². The van der Waals surface area contributed by atoms with Crippen LogP contribution in [0.1, 0.15) is 45.4 Å². The van der Waals surface area contributed by atoms with Crippen molar-refractivity contribution in [1.29, 1.82) is 0 Å². The van der Waals surface area contributed by atoms with Gasteiger partial charge in [-0.3, -0.25) is 0 Å². The Hall–Kier alpha value is -0.160. The Bertz CT molecular complexity index is 215. The fraction of sp³-hybridized carbons (Fsp3) is 1.00. The smallest absolute Gasteiger partial charge is 0.0804 e. The summed E-state index contributed by atoms with van der Waals surface area (Å²) in [5.41, 5.74) is 5.88. The van der Waals surface area contributed by atoms with E-state index in [4.69, 9.17) is 19.9 Å². The van der Waals surface area contributed by atoms with Crippen LogP contribution >= 0.6 is 0 Å². The maximum atomic E-state index is 6.08. The summed E-state index contributed by atoms with van der Waals surface area (Å²) in [6, 6.07) is 0. The molecule has 114 valence electrons. The molecule has 0 bridgehead atoms. The van der Waals surface area contributed by atoms with Crippen molar-refractivity contribution in [2.45, 2.75) is 51.0 Å². The van der Waals surface area contributed by atoms with Gasteiger partial charge in [-0.2, -0.15) is 0 Å². The van der Waals surface area contributed by atoms with E-state index in [0.29, 0.717) is 19.8 Å². The minimum absolute atomic E-state index is 0.0573. The van der Waals surface area contributed by atoms with Gasteiger partial charge in [0.1, 0.15) is 0 Å². The van der Waals surface area contributed by atoms with E-state index in [-0.39, 0.29) is 5.60 Å². The molecule has 4 heteroatoms. The molecule has 0 spiro atoms. The Kier molecular flexibility index (Phi) is 8.62. The van der Waals surface area contributed by atoms with Crippen LogP contribution in [-0.4, -0.2) is 45.7 Å². The highest BCUT2D eigenvalue weighted by Gasteiger charge is 2.34. The maximum absolute atomic E-state index is 6.08. The SMILES string of the molecule is CCC1CCC(CN)(OCCCOCCOC)CC1. The Balaban J connectivity index is 2.11. The Morgan fingerprint density at radius 3 is 2.42 bits per heavy atom. The van der Waals surface area contributed by atoms with Crippen molar-refractivity contribution in [2.75, 3.05) is 40.1 Å². The second-order valence-corrected chi connectivity index (χ2v) is 5.55. The van der Waals surface area contributed by atoms with Crippen molar-refractivity contribution in [2.24, 2.45) is 11.7 Å². The number of hydrogen-bond acceptors (Lipinski definition) is 4. The van der Waals surface area contributed by atoms with Crippen LogP contribution in [0.4, 0.5) is 0 Å². The fourth-order valence-electron chi connectivity index (χ4n) is 2.71. The lowest BCUT2D eigenvalue weighted by atomic mass is 9.77. The van der Waals surface area contributed by atoms with Gasteiger partial charge in [0.05, 0.1) is 18.8 Å². The first-order chi connectivity index (χ1) is 9.26. The van der Waals surface area contributed by atoms with Gasteiger partial charge in [-0.15, -0.1) is 0 Å². The molecule has 0 aliphatic heterocycles. The van der Waals surface area contributed by atoms with E-state index in [1.54, 1.807) is 7.11 Å². The largest absolute Gasteiger partial charge is 0.382 e. The van der Waals surface area contributed by atoms with Gasteiger partial charge in [0.2, 0.25) is 0 Å². The minimum Gasteiger partial charge on any atom is -0.382 e. The summed E-state index contributed by atoms with van der Waals surface area (Å²) in [5, 5.41) is 0. The number of ether oxygens (including phenoxy) is 3. The van der Waals surface area contributed by atoms with E-state index in [1.807, 2.05) is 0 Å². The number of hydrogen-bond donors (Lipinski definition) is 1. The molecule has 0 unspecified atom stereocenters. The number of nitrogens with two attached hydrogens (primary N) is 1. The molecule has 19 heavy (non-hydrogen) atoms. The van der Waals surface area contributed by atoms with Gasteiger partial charge in [0, 0.05) is 26.9 Å². The summed E-state index contributed by atoms with van der Waals surface area (Å²) in [6.07, 6.45) is 6.98. The van der Waals surface area contributed by atoms with Gasteiger partial charge in [0.15, 0.2) is 0 Å².